The van der Waals surface area contributed by atoms with Gasteiger partial charge in [-0.25, -0.2) is 0 Å². The molecule has 0 aromatic heterocycles. The lowest BCUT2D eigenvalue weighted by atomic mass is 9.84. The monoisotopic (exact) mass is 200 g/mol. The largest absolute Gasteiger partial charge is 0.396 e. The van der Waals surface area contributed by atoms with Crippen molar-refractivity contribution in [2.45, 2.75) is 51.1 Å². The zero-order valence-electron chi connectivity index (χ0n) is 9.21. The first-order valence-electron chi connectivity index (χ1n) is 5.88. The summed E-state index contributed by atoms with van der Waals surface area (Å²) in [6.07, 6.45) is 5.99. The Bertz CT molecular complexity index is 148. The highest BCUT2D eigenvalue weighted by atomic mass is 16.3. The van der Waals surface area contributed by atoms with Crippen molar-refractivity contribution < 1.29 is 5.11 Å². The van der Waals surface area contributed by atoms with Gasteiger partial charge in [0, 0.05) is 25.2 Å². The molecule has 0 bridgehead atoms. The Labute approximate surface area is 87.1 Å². The number of hydrogen-bond donors (Lipinski definition) is 3. The van der Waals surface area contributed by atoms with Gasteiger partial charge in [-0.1, -0.05) is 19.8 Å². The molecule has 0 spiro atoms. The van der Waals surface area contributed by atoms with Crippen LogP contribution in [0.15, 0.2) is 0 Å². The minimum atomic E-state index is 0.318. The third-order valence-corrected chi connectivity index (χ3v) is 3.37. The topological polar surface area (TPSA) is 58.3 Å². The van der Waals surface area contributed by atoms with Gasteiger partial charge in [0.1, 0.15) is 0 Å². The van der Waals surface area contributed by atoms with Crippen LogP contribution in [0.1, 0.15) is 39.0 Å². The molecule has 3 nitrogen and oxygen atoms in total. The summed E-state index contributed by atoms with van der Waals surface area (Å²) >= 11 is 0. The van der Waals surface area contributed by atoms with Crippen LogP contribution in [0, 0.1) is 5.92 Å². The molecule has 0 aliphatic heterocycles. The molecule has 3 unspecified atom stereocenters. The fourth-order valence-electron chi connectivity index (χ4n) is 2.30. The fraction of sp³-hybridized carbons (Fsp3) is 1.00. The van der Waals surface area contributed by atoms with Gasteiger partial charge in [0.15, 0.2) is 0 Å². The normalized spacial score (nSPS) is 30.2. The molecule has 1 fully saturated rings. The van der Waals surface area contributed by atoms with E-state index in [1.54, 1.807) is 0 Å². The smallest absolute Gasteiger partial charge is 0.0474 e. The van der Waals surface area contributed by atoms with E-state index >= 15 is 0 Å². The summed E-state index contributed by atoms with van der Waals surface area (Å²) in [5, 5.41) is 12.8. The SMILES string of the molecule is CCC(CN)NC1CCCCC1CO. The molecule has 3 heteroatoms. The van der Waals surface area contributed by atoms with E-state index in [0.29, 0.717) is 31.2 Å². The quantitative estimate of drug-likeness (QED) is 0.617. The van der Waals surface area contributed by atoms with Crippen LogP contribution in [0.5, 0.6) is 0 Å². The molecule has 0 amide bonds. The van der Waals surface area contributed by atoms with Gasteiger partial charge in [0.05, 0.1) is 0 Å². The van der Waals surface area contributed by atoms with Crippen molar-refractivity contribution in [2.24, 2.45) is 11.7 Å². The fourth-order valence-corrected chi connectivity index (χ4v) is 2.30. The highest BCUT2D eigenvalue weighted by Crippen LogP contribution is 2.24. The molecule has 84 valence electrons. The summed E-state index contributed by atoms with van der Waals surface area (Å²) in [5.41, 5.74) is 5.66. The van der Waals surface area contributed by atoms with Crippen LogP contribution < -0.4 is 11.1 Å². The Morgan fingerprint density at radius 1 is 1.43 bits per heavy atom. The van der Waals surface area contributed by atoms with Gasteiger partial charge < -0.3 is 16.2 Å². The van der Waals surface area contributed by atoms with Crippen molar-refractivity contribution in [3.05, 3.63) is 0 Å². The zero-order valence-corrected chi connectivity index (χ0v) is 9.21. The molecule has 0 aromatic rings. The summed E-state index contributed by atoms with van der Waals surface area (Å²) < 4.78 is 0. The van der Waals surface area contributed by atoms with Crippen molar-refractivity contribution in [1.82, 2.24) is 5.32 Å². The van der Waals surface area contributed by atoms with Crippen LogP contribution in [0.2, 0.25) is 0 Å². The molecule has 0 heterocycles. The van der Waals surface area contributed by atoms with Crippen LogP contribution in [-0.2, 0) is 0 Å². The van der Waals surface area contributed by atoms with Gasteiger partial charge in [0.25, 0.3) is 0 Å². The molecule has 1 rings (SSSR count). The maximum absolute atomic E-state index is 9.25. The van der Waals surface area contributed by atoms with Crippen LogP contribution in [0.25, 0.3) is 0 Å². The first-order valence-corrected chi connectivity index (χ1v) is 5.88. The summed E-state index contributed by atoms with van der Waals surface area (Å²) in [6.45, 7) is 3.17. The zero-order chi connectivity index (χ0) is 10.4. The van der Waals surface area contributed by atoms with Crippen molar-refractivity contribution in [3.8, 4) is 0 Å². The minimum Gasteiger partial charge on any atom is -0.396 e. The lowest BCUT2D eigenvalue weighted by Gasteiger charge is -2.33. The number of rotatable bonds is 5. The lowest BCUT2D eigenvalue weighted by molar-refractivity contribution is 0.146. The molecule has 1 aliphatic rings. The van der Waals surface area contributed by atoms with E-state index in [1.165, 1.54) is 19.3 Å². The van der Waals surface area contributed by atoms with Crippen molar-refractivity contribution in [2.75, 3.05) is 13.2 Å². The first-order chi connectivity index (χ1) is 6.81. The Balaban J connectivity index is 2.39. The molecule has 4 N–H and O–H groups in total. The maximum atomic E-state index is 9.25. The molecular formula is C11H24N2O. The van der Waals surface area contributed by atoms with Gasteiger partial charge in [-0.05, 0) is 25.2 Å². The molecule has 1 aliphatic carbocycles. The van der Waals surface area contributed by atoms with E-state index in [9.17, 15) is 5.11 Å². The molecule has 3 atom stereocenters. The van der Waals surface area contributed by atoms with E-state index in [1.807, 2.05) is 0 Å². The maximum Gasteiger partial charge on any atom is 0.0474 e. The lowest BCUT2D eigenvalue weighted by Crippen LogP contribution is -2.48. The number of nitrogens with one attached hydrogen (secondary N) is 1. The summed E-state index contributed by atoms with van der Waals surface area (Å²) in [5.74, 6) is 0.448. The molecular weight excluding hydrogens is 176 g/mol. The average molecular weight is 200 g/mol. The molecule has 1 saturated carbocycles. The van der Waals surface area contributed by atoms with Crippen LogP contribution in [0.4, 0.5) is 0 Å². The van der Waals surface area contributed by atoms with Crippen molar-refractivity contribution >= 4 is 0 Å². The second-order valence-corrected chi connectivity index (χ2v) is 4.34. The van der Waals surface area contributed by atoms with Gasteiger partial charge in [-0.2, -0.15) is 0 Å². The van der Waals surface area contributed by atoms with Gasteiger partial charge >= 0.3 is 0 Å². The molecule has 0 radical (unpaired) electrons. The summed E-state index contributed by atoms with van der Waals surface area (Å²) in [6, 6.07) is 0.911. The van der Waals surface area contributed by atoms with E-state index < -0.39 is 0 Å². The van der Waals surface area contributed by atoms with E-state index in [4.69, 9.17) is 5.73 Å². The van der Waals surface area contributed by atoms with Crippen molar-refractivity contribution in [1.29, 1.82) is 0 Å². The highest BCUT2D eigenvalue weighted by Gasteiger charge is 2.25. The number of hydrogen-bond acceptors (Lipinski definition) is 3. The first kappa shape index (κ1) is 12.0. The predicted octanol–water partition coefficient (Wildman–Crippen LogP) is 0.864. The third-order valence-electron chi connectivity index (χ3n) is 3.37. The van der Waals surface area contributed by atoms with E-state index in [0.717, 1.165) is 12.8 Å². The second-order valence-electron chi connectivity index (χ2n) is 4.34. The standard InChI is InChI=1S/C11H24N2O/c1-2-10(7-12)13-11-6-4-3-5-9(11)8-14/h9-11,13-14H,2-8,12H2,1H3. The van der Waals surface area contributed by atoms with Gasteiger partial charge in [-0.15, -0.1) is 0 Å². The second kappa shape index (κ2) is 6.38. The Kier molecular flexibility index (Phi) is 5.45. The van der Waals surface area contributed by atoms with Crippen LogP contribution in [-0.4, -0.2) is 30.3 Å². The van der Waals surface area contributed by atoms with Gasteiger partial charge in [-0.3, -0.25) is 0 Å². The predicted molar refractivity (Wildman–Crippen MR) is 59.1 cm³/mol. The van der Waals surface area contributed by atoms with Crippen LogP contribution >= 0.6 is 0 Å². The summed E-state index contributed by atoms with van der Waals surface area (Å²) in [7, 11) is 0. The summed E-state index contributed by atoms with van der Waals surface area (Å²) in [4.78, 5) is 0. The number of nitrogens with two attached hydrogens (primary N) is 1. The number of aliphatic hydroxyl groups is 1. The Hall–Kier alpha value is -0.120. The molecule has 0 saturated heterocycles. The third kappa shape index (κ3) is 3.23. The van der Waals surface area contributed by atoms with E-state index in [-0.39, 0.29) is 0 Å². The minimum absolute atomic E-state index is 0.318. The van der Waals surface area contributed by atoms with Crippen LogP contribution in [0.3, 0.4) is 0 Å². The average Bonchev–Trinajstić information content (AvgIpc) is 2.26. The van der Waals surface area contributed by atoms with Gasteiger partial charge in [0.2, 0.25) is 0 Å². The highest BCUT2D eigenvalue weighted by molar-refractivity contribution is 4.83. The van der Waals surface area contributed by atoms with E-state index in [2.05, 4.69) is 12.2 Å². The number of aliphatic hydroxyl groups excluding tert-OH is 1. The molecule has 14 heavy (non-hydrogen) atoms. The Morgan fingerprint density at radius 2 is 2.14 bits per heavy atom. The Morgan fingerprint density at radius 3 is 2.71 bits per heavy atom. The molecule has 0 aromatic carbocycles. The van der Waals surface area contributed by atoms with Crippen molar-refractivity contribution in [3.63, 3.8) is 0 Å².